The molecular formula is C23H17N7. The largest absolute Gasteiger partial charge is 0.338 e. The van der Waals surface area contributed by atoms with Crippen LogP contribution in [0.4, 0.5) is 0 Å². The molecule has 0 atom stereocenters. The van der Waals surface area contributed by atoms with Gasteiger partial charge in [-0.05, 0) is 42.8 Å². The van der Waals surface area contributed by atoms with Crippen LogP contribution in [-0.4, -0.2) is 34.7 Å². The molecule has 2 N–H and O–H groups in total. The number of hydrogen-bond donors (Lipinski definition) is 2. The maximum absolute atomic E-state index is 4.58. The molecule has 0 aliphatic carbocycles. The molecular weight excluding hydrogens is 374 g/mol. The molecule has 0 aliphatic rings. The topological polar surface area (TPSA) is 88.1 Å². The van der Waals surface area contributed by atoms with Crippen molar-refractivity contribution in [3.63, 3.8) is 0 Å². The summed E-state index contributed by atoms with van der Waals surface area (Å²) in [6, 6.07) is 14.4. The standard InChI is InChI=1S/C23H17N7/c1-14-12-30(13-26-14)21-6-8-25-23-18(21)10-20(27-23)22-17-9-15(4-5-19(17)28-29-22)16-3-2-7-24-11-16/h2-13H,1H3,(H,25,27)(H,28,29). The second-order valence-corrected chi connectivity index (χ2v) is 7.27. The lowest BCUT2D eigenvalue weighted by Crippen LogP contribution is -1.91. The Bertz CT molecular complexity index is 1510. The van der Waals surface area contributed by atoms with Crippen molar-refractivity contribution in [2.45, 2.75) is 6.92 Å². The molecule has 0 saturated carbocycles. The molecule has 0 saturated heterocycles. The fourth-order valence-corrected chi connectivity index (χ4v) is 3.85. The van der Waals surface area contributed by atoms with Crippen LogP contribution in [0.25, 0.3) is 50.1 Å². The van der Waals surface area contributed by atoms with E-state index in [0.29, 0.717) is 0 Å². The summed E-state index contributed by atoms with van der Waals surface area (Å²) in [6.07, 6.45) is 9.28. The molecule has 0 fully saturated rings. The molecule has 6 aromatic rings. The van der Waals surface area contributed by atoms with E-state index in [2.05, 4.69) is 60.5 Å². The Hall–Kier alpha value is -4.26. The van der Waals surface area contributed by atoms with Gasteiger partial charge in [0, 0.05) is 41.1 Å². The number of aromatic amines is 2. The van der Waals surface area contributed by atoms with Crippen molar-refractivity contribution in [1.82, 2.24) is 34.7 Å². The number of hydrogen-bond acceptors (Lipinski definition) is 4. The third-order valence-electron chi connectivity index (χ3n) is 5.31. The van der Waals surface area contributed by atoms with Gasteiger partial charge >= 0.3 is 0 Å². The van der Waals surface area contributed by atoms with E-state index in [1.807, 2.05) is 42.3 Å². The van der Waals surface area contributed by atoms with Crippen LogP contribution in [0.5, 0.6) is 0 Å². The average molecular weight is 391 g/mol. The monoisotopic (exact) mass is 391 g/mol. The lowest BCUT2D eigenvalue weighted by atomic mass is 10.0. The number of imidazole rings is 1. The van der Waals surface area contributed by atoms with E-state index in [4.69, 9.17) is 0 Å². The summed E-state index contributed by atoms with van der Waals surface area (Å²) in [5, 5.41) is 9.78. The number of rotatable bonds is 3. The third kappa shape index (κ3) is 2.60. The molecule has 5 heterocycles. The van der Waals surface area contributed by atoms with Crippen molar-refractivity contribution in [3.05, 3.63) is 79.3 Å². The molecule has 0 unspecified atom stereocenters. The maximum Gasteiger partial charge on any atom is 0.139 e. The minimum absolute atomic E-state index is 0.813. The van der Waals surface area contributed by atoms with Crippen molar-refractivity contribution in [2.75, 3.05) is 0 Å². The number of benzene rings is 1. The molecule has 0 aliphatic heterocycles. The third-order valence-corrected chi connectivity index (χ3v) is 5.31. The molecule has 30 heavy (non-hydrogen) atoms. The van der Waals surface area contributed by atoms with Gasteiger partial charge in [0.1, 0.15) is 11.3 Å². The lowest BCUT2D eigenvalue weighted by Gasteiger charge is -2.02. The highest BCUT2D eigenvalue weighted by atomic mass is 15.1. The highest BCUT2D eigenvalue weighted by Gasteiger charge is 2.15. The second kappa shape index (κ2) is 6.38. The van der Waals surface area contributed by atoms with Crippen molar-refractivity contribution >= 4 is 21.9 Å². The predicted octanol–water partition coefficient (Wildman–Crippen LogP) is 4.66. The number of aryl methyl sites for hydroxylation is 1. The maximum atomic E-state index is 4.58. The van der Waals surface area contributed by atoms with Crippen molar-refractivity contribution in [1.29, 1.82) is 0 Å². The first kappa shape index (κ1) is 16.7. The summed E-state index contributed by atoms with van der Waals surface area (Å²) < 4.78 is 2.01. The molecule has 0 spiro atoms. The summed E-state index contributed by atoms with van der Waals surface area (Å²) in [6.45, 7) is 1.98. The molecule has 5 aromatic heterocycles. The SMILES string of the molecule is Cc1cn(-c2ccnc3[nH]c(-c4n[nH]c5ccc(-c6cccnc6)cc45)cc23)cn1. The molecule has 6 rings (SSSR count). The van der Waals surface area contributed by atoms with Gasteiger partial charge in [-0.15, -0.1) is 0 Å². The lowest BCUT2D eigenvalue weighted by molar-refractivity contribution is 1.06. The number of aromatic nitrogens is 7. The Kier molecular flexibility index (Phi) is 3.55. The van der Waals surface area contributed by atoms with Crippen LogP contribution in [0.15, 0.2) is 73.6 Å². The first-order valence-corrected chi connectivity index (χ1v) is 9.64. The average Bonchev–Trinajstić information content (AvgIpc) is 3.51. The van der Waals surface area contributed by atoms with Gasteiger partial charge in [-0.3, -0.25) is 10.1 Å². The number of nitrogens with one attached hydrogen (secondary N) is 2. The molecule has 7 nitrogen and oxygen atoms in total. The fraction of sp³-hybridized carbons (Fsp3) is 0.0435. The Morgan fingerprint density at radius 1 is 0.933 bits per heavy atom. The Morgan fingerprint density at radius 3 is 2.73 bits per heavy atom. The zero-order valence-corrected chi connectivity index (χ0v) is 16.2. The fourth-order valence-electron chi connectivity index (χ4n) is 3.85. The predicted molar refractivity (Wildman–Crippen MR) is 116 cm³/mol. The zero-order valence-electron chi connectivity index (χ0n) is 16.2. The summed E-state index contributed by atoms with van der Waals surface area (Å²) in [5.41, 5.74) is 7.74. The van der Waals surface area contributed by atoms with Gasteiger partial charge in [0.15, 0.2) is 0 Å². The first-order chi connectivity index (χ1) is 14.8. The van der Waals surface area contributed by atoms with E-state index < -0.39 is 0 Å². The minimum atomic E-state index is 0.813. The molecule has 144 valence electrons. The minimum Gasteiger partial charge on any atom is -0.338 e. The first-order valence-electron chi connectivity index (χ1n) is 9.64. The van der Waals surface area contributed by atoms with Crippen LogP contribution in [0.3, 0.4) is 0 Å². The van der Waals surface area contributed by atoms with Crippen LogP contribution in [0, 0.1) is 6.92 Å². The molecule has 1 aromatic carbocycles. The summed E-state index contributed by atoms with van der Waals surface area (Å²) in [5.74, 6) is 0. The van der Waals surface area contributed by atoms with Gasteiger partial charge in [-0.2, -0.15) is 5.10 Å². The van der Waals surface area contributed by atoms with Crippen LogP contribution < -0.4 is 0 Å². The van der Waals surface area contributed by atoms with E-state index >= 15 is 0 Å². The highest BCUT2D eigenvalue weighted by molar-refractivity contribution is 5.98. The van der Waals surface area contributed by atoms with Crippen LogP contribution in [0.1, 0.15) is 5.69 Å². The Morgan fingerprint density at radius 2 is 1.90 bits per heavy atom. The van der Waals surface area contributed by atoms with Gasteiger partial charge in [-0.1, -0.05) is 12.1 Å². The summed E-state index contributed by atoms with van der Waals surface area (Å²) in [7, 11) is 0. The molecule has 0 amide bonds. The van der Waals surface area contributed by atoms with Gasteiger partial charge in [0.25, 0.3) is 0 Å². The van der Waals surface area contributed by atoms with Crippen LogP contribution in [0.2, 0.25) is 0 Å². The van der Waals surface area contributed by atoms with Crippen LogP contribution >= 0.6 is 0 Å². The smallest absolute Gasteiger partial charge is 0.139 e. The second-order valence-electron chi connectivity index (χ2n) is 7.27. The van der Waals surface area contributed by atoms with E-state index in [1.54, 1.807) is 12.4 Å². The summed E-state index contributed by atoms with van der Waals surface area (Å²) in [4.78, 5) is 16.5. The van der Waals surface area contributed by atoms with Gasteiger partial charge < -0.3 is 9.55 Å². The number of H-pyrrole nitrogens is 2. The number of fused-ring (bicyclic) bond motifs is 2. The van der Waals surface area contributed by atoms with E-state index in [0.717, 1.165) is 55.8 Å². The van der Waals surface area contributed by atoms with E-state index in [9.17, 15) is 0 Å². The normalized spacial score (nSPS) is 11.5. The molecule has 7 heteroatoms. The number of pyridine rings is 2. The van der Waals surface area contributed by atoms with Crippen molar-refractivity contribution in [3.8, 4) is 28.2 Å². The molecule has 0 radical (unpaired) electrons. The Labute approximate surface area is 171 Å². The van der Waals surface area contributed by atoms with Gasteiger partial charge in [0.05, 0.1) is 28.9 Å². The quantitative estimate of drug-likeness (QED) is 0.459. The van der Waals surface area contributed by atoms with Crippen LogP contribution in [-0.2, 0) is 0 Å². The highest BCUT2D eigenvalue weighted by Crippen LogP contribution is 2.32. The van der Waals surface area contributed by atoms with E-state index in [-0.39, 0.29) is 0 Å². The van der Waals surface area contributed by atoms with Gasteiger partial charge in [-0.25, -0.2) is 9.97 Å². The van der Waals surface area contributed by atoms with Crippen molar-refractivity contribution in [2.24, 2.45) is 0 Å². The Balaban J connectivity index is 1.52. The molecule has 0 bridgehead atoms. The van der Waals surface area contributed by atoms with E-state index in [1.165, 1.54) is 0 Å². The van der Waals surface area contributed by atoms with Gasteiger partial charge in [0.2, 0.25) is 0 Å². The summed E-state index contributed by atoms with van der Waals surface area (Å²) >= 11 is 0. The number of nitrogens with zero attached hydrogens (tertiary/aromatic N) is 5. The zero-order chi connectivity index (χ0) is 20.1. The van der Waals surface area contributed by atoms with Crippen molar-refractivity contribution < 1.29 is 0 Å².